The Hall–Kier alpha value is -1.16. The summed E-state index contributed by atoms with van der Waals surface area (Å²) in [5, 5.41) is 0. The Morgan fingerprint density at radius 1 is 1.19 bits per heavy atom. The second-order valence-corrected chi connectivity index (χ2v) is 5.49. The molecule has 1 aliphatic heterocycles. The fraction of sp³-hybridized carbons (Fsp3) is 0.333. The maximum atomic E-state index is 12.0. The molecule has 1 fully saturated rings. The molecular weight excluding hydrogens is 270 g/mol. The summed E-state index contributed by atoms with van der Waals surface area (Å²) in [7, 11) is 0. The van der Waals surface area contributed by atoms with E-state index in [1.54, 1.807) is 26.0 Å². The van der Waals surface area contributed by atoms with E-state index in [2.05, 4.69) is 15.9 Å². The van der Waals surface area contributed by atoms with Crippen molar-refractivity contribution in [1.29, 1.82) is 0 Å². The average molecular weight is 282 g/mol. The molecule has 1 aliphatic rings. The lowest BCUT2D eigenvalue weighted by Crippen LogP contribution is -2.32. The average Bonchev–Trinajstić information content (AvgIpc) is 2.39. The van der Waals surface area contributed by atoms with Crippen LogP contribution in [-0.4, -0.2) is 11.8 Å². The molecule has 1 aromatic carbocycles. The molecule has 0 aliphatic carbocycles. The first-order chi connectivity index (χ1) is 7.42. The lowest BCUT2D eigenvalue weighted by Gasteiger charge is -2.17. The van der Waals surface area contributed by atoms with Crippen LogP contribution in [0, 0.1) is 5.41 Å². The van der Waals surface area contributed by atoms with Gasteiger partial charge in [0.2, 0.25) is 11.8 Å². The van der Waals surface area contributed by atoms with Crippen LogP contribution in [-0.2, 0) is 9.59 Å². The smallest absolute Gasteiger partial charge is 0.239 e. The number of nitrogens with zero attached hydrogens (tertiary/aromatic N) is 1. The highest BCUT2D eigenvalue weighted by atomic mass is 79.9. The number of amides is 2. The highest BCUT2D eigenvalue weighted by Crippen LogP contribution is 2.35. The molecule has 0 unspecified atom stereocenters. The van der Waals surface area contributed by atoms with Gasteiger partial charge in [-0.25, -0.2) is 0 Å². The summed E-state index contributed by atoms with van der Waals surface area (Å²) in [5.74, 6) is -0.253. The third-order valence-electron chi connectivity index (χ3n) is 2.71. The SMILES string of the molecule is CC1(C)CC(=O)N(c2ccc(Br)cc2)C1=O. The first-order valence-corrected chi connectivity index (χ1v) is 5.84. The van der Waals surface area contributed by atoms with Crippen LogP contribution < -0.4 is 4.90 Å². The van der Waals surface area contributed by atoms with Crippen LogP contribution in [0.15, 0.2) is 28.7 Å². The summed E-state index contributed by atoms with van der Waals surface area (Å²) in [5.41, 5.74) is 0.0632. The van der Waals surface area contributed by atoms with E-state index in [1.165, 1.54) is 4.90 Å². The van der Waals surface area contributed by atoms with Gasteiger partial charge < -0.3 is 0 Å². The summed E-state index contributed by atoms with van der Waals surface area (Å²) in [6, 6.07) is 7.17. The van der Waals surface area contributed by atoms with Gasteiger partial charge in [0.1, 0.15) is 0 Å². The first kappa shape index (κ1) is 11.3. The molecule has 84 valence electrons. The summed E-state index contributed by atoms with van der Waals surface area (Å²) in [4.78, 5) is 25.1. The van der Waals surface area contributed by atoms with Gasteiger partial charge in [0.15, 0.2) is 0 Å². The summed E-state index contributed by atoms with van der Waals surface area (Å²) in [6.07, 6.45) is 0.280. The van der Waals surface area contributed by atoms with Crippen LogP contribution in [0.2, 0.25) is 0 Å². The number of imide groups is 1. The van der Waals surface area contributed by atoms with Crippen molar-refractivity contribution in [2.24, 2.45) is 5.41 Å². The quantitative estimate of drug-likeness (QED) is 0.743. The Kier molecular flexibility index (Phi) is 2.62. The first-order valence-electron chi connectivity index (χ1n) is 5.05. The number of benzene rings is 1. The molecule has 1 heterocycles. The van der Waals surface area contributed by atoms with Crippen molar-refractivity contribution in [2.75, 3.05) is 4.90 Å². The predicted octanol–water partition coefficient (Wildman–Crippen LogP) is 2.74. The number of carbonyl (C=O) groups is 2. The molecule has 3 nitrogen and oxygen atoms in total. The van der Waals surface area contributed by atoms with E-state index in [4.69, 9.17) is 0 Å². The Morgan fingerprint density at radius 2 is 1.75 bits per heavy atom. The third-order valence-corrected chi connectivity index (χ3v) is 3.24. The zero-order valence-electron chi connectivity index (χ0n) is 9.16. The molecule has 0 aromatic heterocycles. The minimum Gasteiger partial charge on any atom is -0.274 e. The fourth-order valence-electron chi connectivity index (χ4n) is 1.80. The van der Waals surface area contributed by atoms with Gasteiger partial charge in [0.25, 0.3) is 0 Å². The van der Waals surface area contributed by atoms with Crippen molar-refractivity contribution in [3.63, 3.8) is 0 Å². The molecule has 4 heteroatoms. The topological polar surface area (TPSA) is 37.4 Å². The summed E-state index contributed by atoms with van der Waals surface area (Å²) >= 11 is 3.32. The van der Waals surface area contributed by atoms with Crippen molar-refractivity contribution in [2.45, 2.75) is 20.3 Å². The van der Waals surface area contributed by atoms with Crippen molar-refractivity contribution >= 4 is 33.4 Å². The van der Waals surface area contributed by atoms with E-state index in [-0.39, 0.29) is 18.2 Å². The summed E-state index contributed by atoms with van der Waals surface area (Å²) < 4.78 is 0.926. The molecule has 1 saturated heterocycles. The fourth-order valence-corrected chi connectivity index (χ4v) is 2.06. The maximum absolute atomic E-state index is 12.0. The standard InChI is InChI=1S/C12H12BrNO2/c1-12(2)7-10(15)14(11(12)16)9-5-3-8(13)4-6-9/h3-6H,7H2,1-2H3. The van der Waals surface area contributed by atoms with E-state index < -0.39 is 5.41 Å². The van der Waals surface area contributed by atoms with E-state index in [0.717, 1.165) is 4.47 Å². The second kappa shape index (κ2) is 3.70. The van der Waals surface area contributed by atoms with Crippen molar-refractivity contribution in [3.05, 3.63) is 28.7 Å². The molecule has 0 bridgehead atoms. The van der Waals surface area contributed by atoms with Gasteiger partial charge in [-0.05, 0) is 24.3 Å². The van der Waals surface area contributed by atoms with Gasteiger partial charge in [-0.15, -0.1) is 0 Å². The van der Waals surface area contributed by atoms with Crippen LogP contribution in [0.25, 0.3) is 0 Å². The molecule has 0 N–H and O–H groups in total. The molecular formula is C12H12BrNO2. The molecule has 2 amide bonds. The Bertz CT molecular complexity index is 451. The molecule has 0 spiro atoms. The van der Waals surface area contributed by atoms with Gasteiger partial charge in [0, 0.05) is 10.9 Å². The second-order valence-electron chi connectivity index (χ2n) is 4.57. The molecule has 16 heavy (non-hydrogen) atoms. The van der Waals surface area contributed by atoms with E-state index in [1.807, 2.05) is 12.1 Å². The number of hydrogen-bond donors (Lipinski definition) is 0. The number of rotatable bonds is 1. The molecule has 0 saturated carbocycles. The molecule has 1 aromatic rings. The van der Waals surface area contributed by atoms with Crippen LogP contribution in [0.5, 0.6) is 0 Å². The van der Waals surface area contributed by atoms with Gasteiger partial charge >= 0.3 is 0 Å². The van der Waals surface area contributed by atoms with Crippen molar-refractivity contribution in [1.82, 2.24) is 0 Å². The normalized spacial score (nSPS) is 19.3. The van der Waals surface area contributed by atoms with Crippen LogP contribution in [0.3, 0.4) is 0 Å². The number of carbonyl (C=O) groups excluding carboxylic acids is 2. The Labute approximate surface area is 103 Å². The number of halogens is 1. The minimum absolute atomic E-state index is 0.125. The van der Waals surface area contributed by atoms with Crippen LogP contribution in [0.4, 0.5) is 5.69 Å². The molecule has 2 rings (SSSR count). The Morgan fingerprint density at radius 3 is 2.19 bits per heavy atom. The lowest BCUT2D eigenvalue weighted by molar-refractivity contribution is -0.124. The summed E-state index contributed by atoms with van der Waals surface area (Å²) in [6.45, 7) is 3.60. The van der Waals surface area contributed by atoms with Gasteiger partial charge in [-0.2, -0.15) is 0 Å². The van der Waals surface area contributed by atoms with E-state index >= 15 is 0 Å². The predicted molar refractivity (Wildman–Crippen MR) is 65.0 cm³/mol. The van der Waals surface area contributed by atoms with E-state index in [9.17, 15) is 9.59 Å². The number of hydrogen-bond acceptors (Lipinski definition) is 2. The maximum Gasteiger partial charge on any atom is 0.239 e. The highest BCUT2D eigenvalue weighted by molar-refractivity contribution is 9.10. The molecule has 0 atom stereocenters. The monoisotopic (exact) mass is 281 g/mol. The highest BCUT2D eigenvalue weighted by Gasteiger charge is 2.45. The van der Waals surface area contributed by atoms with Gasteiger partial charge in [0.05, 0.1) is 11.1 Å². The zero-order valence-corrected chi connectivity index (χ0v) is 10.7. The Balaban J connectivity index is 2.39. The third kappa shape index (κ3) is 1.78. The molecule has 0 radical (unpaired) electrons. The zero-order chi connectivity index (χ0) is 11.9. The van der Waals surface area contributed by atoms with Crippen LogP contribution in [0.1, 0.15) is 20.3 Å². The number of anilines is 1. The van der Waals surface area contributed by atoms with E-state index in [0.29, 0.717) is 5.69 Å². The lowest BCUT2D eigenvalue weighted by atomic mass is 9.92. The largest absolute Gasteiger partial charge is 0.274 e. The van der Waals surface area contributed by atoms with Crippen LogP contribution >= 0.6 is 15.9 Å². The minimum atomic E-state index is -0.579. The van der Waals surface area contributed by atoms with Crippen molar-refractivity contribution < 1.29 is 9.59 Å². The van der Waals surface area contributed by atoms with Gasteiger partial charge in [-0.1, -0.05) is 29.8 Å². The van der Waals surface area contributed by atoms with Crippen molar-refractivity contribution in [3.8, 4) is 0 Å². The van der Waals surface area contributed by atoms with Gasteiger partial charge in [-0.3, -0.25) is 14.5 Å².